The molecule has 0 radical (unpaired) electrons. The summed E-state index contributed by atoms with van der Waals surface area (Å²) in [5.41, 5.74) is 2.04. The smallest absolute Gasteiger partial charge is 0.134 e. The van der Waals surface area contributed by atoms with E-state index in [0.717, 1.165) is 35.9 Å². The van der Waals surface area contributed by atoms with Crippen LogP contribution in [0.25, 0.3) is 0 Å². The zero-order valence-electron chi connectivity index (χ0n) is 11.1. The molecule has 0 aliphatic heterocycles. The summed E-state index contributed by atoms with van der Waals surface area (Å²) in [6.07, 6.45) is 0. The molecule has 2 aromatic rings. The van der Waals surface area contributed by atoms with Crippen molar-refractivity contribution < 1.29 is 4.39 Å². The standard InChI is InChI=1S/C13H17FN4S/c1-3-15-13-12(16-17-19-13)9-18(2)8-10-4-6-11(14)7-5-10/h4-7,15H,3,8-9H2,1-2H3. The zero-order valence-corrected chi connectivity index (χ0v) is 11.9. The molecule has 19 heavy (non-hydrogen) atoms. The lowest BCUT2D eigenvalue weighted by Gasteiger charge is -2.16. The van der Waals surface area contributed by atoms with E-state index in [2.05, 4.69) is 19.8 Å². The third-order valence-electron chi connectivity index (χ3n) is 2.68. The van der Waals surface area contributed by atoms with Gasteiger partial charge in [0.25, 0.3) is 0 Å². The topological polar surface area (TPSA) is 41.1 Å². The maximum Gasteiger partial charge on any atom is 0.134 e. The summed E-state index contributed by atoms with van der Waals surface area (Å²) in [6.45, 7) is 4.38. The highest BCUT2D eigenvalue weighted by Crippen LogP contribution is 2.19. The maximum atomic E-state index is 12.8. The van der Waals surface area contributed by atoms with E-state index in [-0.39, 0.29) is 5.82 Å². The Balaban J connectivity index is 1.95. The molecule has 0 aliphatic rings. The number of nitrogens with one attached hydrogen (secondary N) is 1. The number of hydrogen-bond acceptors (Lipinski definition) is 5. The minimum absolute atomic E-state index is 0.204. The highest BCUT2D eigenvalue weighted by atomic mass is 32.1. The molecule has 0 amide bonds. The van der Waals surface area contributed by atoms with Crippen molar-refractivity contribution in [1.82, 2.24) is 14.5 Å². The molecule has 2 rings (SSSR count). The predicted molar refractivity (Wildman–Crippen MR) is 75.6 cm³/mol. The summed E-state index contributed by atoms with van der Waals surface area (Å²) in [5, 5.41) is 8.41. The predicted octanol–water partition coefficient (Wildman–Crippen LogP) is 2.74. The van der Waals surface area contributed by atoms with Gasteiger partial charge in [-0.05, 0) is 31.7 Å². The SMILES string of the molecule is CCNc1snnc1CN(C)Cc1ccc(F)cc1. The minimum atomic E-state index is -0.204. The number of halogens is 1. The van der Waals surface area contributed by atoms with Crippen LogP contribution in [0.1, 0.15) is 18.2 Å². The fourth-order valence-corrected chi connectivity index (χ4v) is 2.46. The molecule has 0 fully saturated rings. The van der Waals surface area contributed by atoms with E-state index >= 15 is 0 Å². The van der Waals surface area contributed by atoms with Gasteiger partial charge in [-0.2, -0.15) is 0 Å². The first kappa shape index (κ1) is 13.9. The number of nitrogens with zero attached hydrogens (tertiary/aromatic N) is 3. The Morgan fingerprint density at radius 2 is 2.00 bits per heavy atom. The molecule has 1 aromatic heterocycles. The lowest BCUT2D eigenvalue weighted by molar-refractivity contribution is 0.315. The van der Waals surface area contributed by atoms with Gasteiger partial charge >= 0.3 is 0 Å². The molecule has 1 heterocycles. The maximum absolute atomic E-state index is 12.8. The molecule has 0 aliphatic carbocycles. The van der Waals surface area contributed by atoms with Crippen LogP contribution in [0, 0.1) is 5.82 Å². The number of anilines is 1. The van der Waals surface area contributed by atoms with Gasteiger partial charge in [0.15, 0.2) is 0 Å². The van der Waals surface area contributed by atoms with Crippen LogP contribution < -0.4 is 5.32 Å². The summed E-state index contributed by atoms with van der Waals surface area (Å²) in [4.78, 5) is 2.13. The van der Waals surface area contributed by atoms with Crippen LogP contribution in [-0.4, -0.2) is 28.1 Å². The third kappa shape index (κ3) is 3.97. The second kappa shape index (κ2) is 6.58. The second-order valence-corrected chi connectivity index (χ2v) is 5.13. The van der Waals surface area contributed by atoms with E-state index < -0.39 is 0 Å². The average Bonchev–Trinajstić information content (AvgIpc) is 2.80. The Bertz CT molecular complexity index is 512. The normalized spacial score (nSPS) is 10.9. The van der Waals surface area contributed by atoms with Gasteiger partial charge in [-0.15, -0.1) is 5.10 Å². The number of aromatic nitrogens is 2. The summed E-state index contributed by atoms with van der Waals surface area (Å²) < 4.78 is 16.8. The Morgan fingerprint density at radius 3 is 2.68 bits per heavy atom. The van der Waals surface area contributed by atoms with Crippen LogP contribution in [-0.2, 0) is 13.1 Å². The highest BCUT2D eigenvalue weighted by Gasteiger charge is 2.10. The van der Waals surface area contributed by atoms with Crippen LogP contribution in [0.2, 0.25) is 0 Å². The molecule has 0 bridgehead atoms. The average molecular weight is 280 g/mol. The molecule has 0 saturated heterocycles. The van der Waals surface area contributed by atoms with Gasteiger partial charge in [0.1, 0.15) is 16.5 Å². The van der Waals surface area contributed by atoms with Crippen molar-refractivity contribution in [3.8, 4) is 0 Å². The van der Waals surface area contributed by atoms with Crippen molar-refractivity contribution in [3.63, 3.8) is 0 Å². The molecule has 0 atom stereocenters. The molecular formula is C13H17FN4S. The quantitative estimate of drug-likeness (QED) is 0.883. The van der Waals surface area contributed by atoms with Crippen molar-refractivity contribution in [2.45, 2.75) is 20.0 Å². The molecule has 6 heteroatoms. The molecule has 0 unspecified atom stereocenters. The lowest BCUT2D eigenvalue weighted by atomic mass is 10.2. The monoisotopic (exact) mass is 280 g/mol. The number of benzene rings is 1. The molecule has 0 saturated carbocycles. The van der Waals surface area contributed by atoms with Crippen LogP contribution in [0.3, 0.4) is 0 Å². The largest absolute Gasteiger partial charge is 0.374 e. The molecule has 4 nitrogen and oxygen atoms in total. The van der Waals surface area contributed by atoms with E-state index in [9.17, 15) is 4.39 Å². The summed E-state index contributed by atoms with van der Waals surface area (Å²) >= 11 is 1.38. The summed E-state index contributed by atoms with van der Waals surface area (Å²) in [6, 6.07) is 6.57. The van der Waals surface area contributed by atoms with Crippen LogP contribution in [0.4, 0.5) is 9.39 Å². The first-order chi connectivity index (χ1) is 9.19. The highest BCUT2D eigenvalue weighted by molar-refractivity contribution is 7.10. The molecule has 1 aromatic carbocycles. The van der Waals surface area contributed by atoms with Crippen molar-refractivity contribution >= 4 is 16.5 Å². The summed E-state index contributed by atoms with van der Waals surface area (Å²) in [5.74, 6) is -0.204. The third-order valence-corrected chi connectivity index (χ3v) is 3.40. The fraction of sp³-hybridized carbons (Fsp3) is 0.385. The first-order valence-electron chi connectivity index (χ1n) is 6.17. The Labute approximate surface area is 116 Å². The van der Waals surface area contributed by atoms with Crippen LogP contribution in [0.15, 0.2) is 24.3 Å². The van der Waals surface area contributed by atoms with E-state index in [0.29, 0.717) is 0 Å². The van der Waals surface area contributed by atoms with E-state index in [4.69, 9.17) is 0 Å². The Hall–Kier alpha value is -1.53. The van der Waals surface area contributed by atoms with E-state index in [1.54, 1.807) is 12.1 Å². The summed E-state index contributed by atoms with van der Waals surface area (Å²) in [7, 11) is 2.01. The Kier molecular flexibility index (Phi) is 4.81. The molecular weight excluding hydrogens is 263 g/mol. The number of hydrogen-bond donors (Lipinski definition) is 1. The Morgan fingerprint density at radius 1 is 1.26 bits per heavy atom. The van der Waals surface area contributed by atoms with E-state index in [1.165, 1.54) is 23.7 Å². The minimum Gasteiger partial charge on any atom is -0.374 e. The van der Waals surface area contributed by atoms with Gasteiger partial charge in [0.05, 0.1) is 0 Å². The lowest BCUT2D eigenvalue weighted by Crippen LogP contribution is -2.18. The van der Waals surface area contributed by atoms with Crippen LogP contribution >= 0.6 is 11.5 Å². The van der Waals surface area contributed by atoms with Crippen molar-refractivity contribution in [2.75, 3.05) is 18.9 Å². The zero-order chi connectivity index (χ0) is 13.7. The van der Waals surface area contributed by atoms with Crippen molar-refractivity contribution in [3.05, 3.63) is 41.3 Å². The van der Waals surface area contributed by atoms with Gasteiger partial charge < -0.3 is 5.32 Å². The molecule has 0 spiro atoms. The molecule has 102 valence electrons. The van der Waals surface area contributed by atoms with Gasteiger partial charge in [-0.1, -0.05) is 16.6 Å². The van der Waals surface area contributed by atoms with Gasteiger partial charge in [0.2, 0.25) is 0 Å². The second-order valence-electron chi connectivity index (χ2n) is 4.38. The van der Waals surface area contributed by atoms with Gasteiger partial charge in [-0.25, -0.2) is 4.39 Å². The fourth-order valence-electron chi connectivity index (χ4n) is 1.82. The number of rotatable bonds is 6. The molecule has 1 N–H and O–H groups in total. The van der Waals surface area contributed by atoms with Gasteiger partial charge in [-0.3, -0.25) is 4.90 Å². The van der Waals surface area contributed by atoms with Crippen molar-refractivity contribution in [1.29, 1.82) is 0 Å². The van der Waals surface area contributed by atoms with Gasteiger partial charge in [0, 0.05) is 31.2 Å². The first-order valence-corrected chi connectivity index (χ1v) is 6.94. The van der Waals surface area contributed by atoms with Crippen molar-refractivity contribution in [2.24, 2.45) is 0 Å². The van der Waals surface area contributed by atoms with Crippen LogP contribution in [0.5, 0.6) is 0 Å². The van der Waals surface area contributed by atoms with E-state index in [1.807, 2.05) is 14.0 Å².